The molecule has 4 rings (SSSR count). The van der Waals surface area contributed by atoms with Crippen LogP contribution >= 0.6 is 11.6 Å². The van der Waals surface area contributed by atoms with E-state index in [4.69, 9.17) is 16.3 Å². The van der Waals surface area contributed by atoms with Gasteiger partial charge in [-0.05, 0) is 29.8 Å². The number of fused-ring (bicyclic) bond motifs is 2. The summed E-state index contributed by atoms with van der Waals surface area (Å²) in [4.78, 5) is 20.4. The van der Waals surface area contributed by atoms with Crippen molar-refractivity contribution in [3.8, 4) is 5.88 Å². The summed E-state index contributed by atoms with van der Waals surface area (Å²) in [5, 5.41) is 11.2. The Kier molecular flexibility index (Phi) is 3.97. The highest BCUT2D eigenvalue weighted by molar-refractivity contribution is 6.31. The van der Waals surface area contributed by atoms with Crippen LogP contribution in [0.5, 0.6) is 5.88 Å². The summed E-state index contributed by atoms with van der Waals surface area (Å²) in [6.07, 6.45) is 3.30. The van der Waals surface area contributed by atoms with Crippen LogP contribution in [0, 0.1) is 0 Å². The molecule has 0 fully saturated rings. The van der Waals surface area contributed by atoms with Gasteiger partial charge in [-0.15, -0.1) is 0 Å². The van der Waals surface area contributed by atoms with Gasteiger partial charge < -0.3 is 14.4 Å². The predicted octanol–water partition coefficient (Wildman–Crippen LogP) is 3.78. The first kappa shape index (κ1) is 16.4. The Bertz CT molecular complexity index is 1150. The lowest BCUT2D eigenvalue weighted by Gasteiger charge is -2.07. The van der Waals surface area contributed by atoms with E-state index < -0.39 is 5.97 Å². The Labute approximate surface area is 153 Å². The standard InChI is InChI=1S/C19H14ClN3O3/c1-26-19(25)14-10-23(16-4-5-17(24)22-18(14)16)9-11-2-3-15-12(6-11)7-13(20)8-21-15/h2-8,10H,9H2,1H3,(H,22,24). The Morgan fingerprint density at radius 1 is 1.27 bits per heavy atom. The molecule has 0 aliphatic rings. The third-order valence-electron chi connectivity index (χ3n) is 4.18. The van der Waals surface area contributed by atoms with Gasteiger partial charge >= 0.3 is 5.97 Å². The molecule has 0 saturated heterocycles. The maximum absolute atomic E-state index is 12.0. The largest absolute Gasteiger partial charge is 0.493 e. The predicted molar refractivity (Wildman–Crippen MR) is 98.6 cm³/mol. The van der Waals surface area contributed by atoms with Crippen LogP contribution < -0.4 is 0 Å². The minimum absolute atomic E-state index is 0.146. The van der Waals surface area contributed by atoms with Crippen LogP contribution in [0.3, 0.4) is 0 Å². The van der Waals surface area contributed by atoms with E-state index in [9.17, 15) is 9.90 Å². The number of carbonyl (C=O) groups is 1. The summed E-state index contributed by atoms with van der Waals surface area (Å²) >= 11 is 6.03. The Morgan fingerprint density at radius 3 is 2.92 bits per heavy atom. The summed E-state index contributed by atoms with van der Waals surface area (Å²) < 4.78 is 6.72. The topological polar surface area (TPSA) is 77.2 Å². The second kappa shape index (κ2) is 6.31. The fourth-order valence-electron chi connectivity index (χ4n) is 3.00. The molecule has 1 N–H and O–H groups in total. The van der Waals surface area contributed by atoms with Crippen LogP contribution in [0.15, 0.2) is 48.8 Å². The quantitative estimate of drug-likeness (QED) is 0.557. The van der Waals surface area contributed by atoms with Crippen LogP contribution in [0.1, 0.15) is 15.9 Å². The molecule has 7 heteroatoms. The zero-order valence-corrected chi connectivity index (χ0v) is 14.6. The normalized spacial score (nSPS) is 11.2. The van der Waals surface area contributed by atoms with E-state index in [2.05, 4.69) is 9.97 Å². The number of aromatic nitrogens is 3. The van der Waals surface area contributed by atoms with E-state index in [1.165, 1.54) is 13.2 Å². The van der Waals surface area contributed by atoms with Crippen LogP contribution in [-0.2, 0) is 11.3 Å². The lowest BCUT2D eigenvalue weighted by molar-refractivity contribution is 0.0602. The number of nitrogens with zero attached hydrogens (tertiary/aromatic N) is 3. The van der Waals surface area contributed by atoms with Gasteiger partial charge in [0.1, 0.15) is 11.1 Å². The molecular formula is C19H14ClN3O3. The number of halogens is 1. The van der Waals surface area contributed by atoms with Crippen LogP contribution in [-0.4, -0.2) is 32.7 Å². The van der Waals surface area contributed by atoms with Crippen LogP contribution in [0.4, 0.5) is 0 Å². The van der Waals surface area contributed by atoms with Crippen LogP contribution in [0.25, 0.3) is 21.9 Å². The molecule has 26 heavy (non-hydrogen) atoms. The van der Waals surface area contributed by atoms with Crippen molar-refractivity contribution < 1.29 is 14.6 Å². The smallest absolute Gasteiger partial charge is 0.341 e. The van der Waals surface area contributed by atoms with Gasteiger partial charge in [0.05, 0.1) is 23.2 Å². The highest BCUT2D eigenvalue weighted by atomic mass is 35.5. The average molecular weight is 368 g/mol. The van der Waals surface area contributed by atoms with Gasteiger partial charge in [0.25, 0.3) is 0 Å². The van der Waals surface area contributed by atoms with E-state index in [1.807, 2.05) is 28.8 Å². The first-order valence-corrected chi connectivity index (χ1v) is 8.24. The van der Waals surface area contributed by atoms with Gasteiger partial charge in [-0.1, -0.05) is 17.7 Å². The minimum atomic E-state index is -0.499. The summed E-state index contributed by atoms with van der Waals surface area (Å²) in [6.45, 7) is 0.516. The van der Waals surface area contributed by atoms with E-state index >= 15 is 0 Å². The van der Waals surface area contributed by atoms with Gasteiger partial charge in [-0.3, -0.25) is 4.98 Å². The summed E-state index contributed by atoms with van der Waals surface area (Å²) in [5.41, 5.74) is 3.32. The van der Waals surface area contributed by atoms with Crippen molar-refractivity contribution in [3.63, 3.8) is 0 Å². The molecule has 4 aromatic rings. The van der Waals surface area contributed by atoms with E-state index in [1.54, 1.807) is 18.5 Å². The Balaban J connectivity index is 1.81. The van der Waals surface area contributed by atoms with Crippen LogP contribution in [0.2, 0.25) is 5.02 Å². The van der Waals surface area contributed by atoms with Crippen molar-refractivity contribution in [3.05, 3.63) is 64.9 Å². The second-order valence-corrected chi connectivity index (χ2v) is 6.32. The van der Waals surface area contributed by atoms with Crippen molar-refractivity contribution in [2.45, 2.75) is 6.54 Å². The number of aromatic hydroxyl groups is 1. The minimum Gasteiger partial charge on any atom is -0.493 e. The number of ether oxygens (including phenoxy) is 1. The third kappa shape index (κ3) is 2.84. The third-order valence-corrected chi connectivity index (χ3v) is 4.39. The second-order valence-electron chi connectivity index (χ2n) is 5.88. The maximum atomic E-state index is 12.0. The molecule has 3 heterocycles. The number of pyridine rings is 2. The molecule has 0 atom stereocenters. The van der Waals surface area contributed by atoms with Gasteiger partial charge in [0.15, 0.2) is 0 Å². The fourth-order valence-corrected chi connectivity index (χ4v) is 3.16. The molecule has 0 radical (unpaired) electrons. The molecule has 0 bridgehead atoms. The van der Waals surface area contributed by atoms with Gasteiger partial charge in [0, 0.05) is 30.4 Å². The Morgan fingerprint density at radius 2 is 2.12 bits per heavy atom. The van der Waals surface area contributed by atoms with E-state index in [0.29, 0.717) is 22.6 Å². The summed E-state index contributed by atoms with van der Waals surface area (Å²) in [7, 11) is 1.31. The van der Waals surface area contributed by atoms with E-state index in [-0.39, 0.29) is 5.88 Å². The fraction of sp³-hybridized carbons (Fsp3) is 0.105. The zero-order valence-electron chi connectivity index (χ0n) is 13.8. The molecule has 0 spiro atoms. The zero-order chi connectivity index (χ0) is 18.3. The average Bonchev–Trinajstić information content (AvgIpc) is 2.98. The number of methoxy groups -OCH3 is 1. The maximum Gasteiger partial charge on any atom is 0.341 e. The number of benzene rings is 1. The first-order valence-electron chi connectivity index (χ1n) is 7.86. The number of hydrogen-bond donors (Lipinski definition) is 1. The van der Waals surface area contributed by atoms with Crippen molar-refractivity contribution >= 4 is 39.5 Å². The summed E-state index contributed by atoms with van der Waals surface area (Å²) in [5.74, 6) is -0.645. The number of hydrogen-bond acceptors (Lipinski definition) is 5. The number of rotatable bonds is 3. The number of esters is 1. The van der Waals surface area contributed by atoms with Crippen molar-refractivity contribution in [1.82, 2.24) is 14.5 Å². The number of carbonyl (C=O) groups excluding carboxylic acids is 1. The summed E-state index contributed by atoms with van der Waals surface area (Å²) in [6, 6.07) is 11.0. The van der Waals surface area contributed by atoms with Gasteiger partial charge in [-0.25, -0.2) is 9.78 Å². The molecule has 3 aromatic heterocycles. The van der Waals surface area contributed by atoms with Gasteiger partial charge in [0.2, 0.25) is 5.88 Å². The Hall–Kier alpha value is -3.12. The van der Waals surface area contributed by atoms with Crippen molar-refractivity contribution in [1.29, 1.82) is 0 Å². The highest BCUT2D eigenvalue weighted by Gasteiger charge is 2.17. The molecule has 1 aromatic carbocycles. The molecule has 0 aliphatic carbocycles. The molecule has 0 saturated carbocycles. The molecule has 0 aliphatic heterocycles. The van der Waals surface area contributed by atoms with Gasteiger partial charge in [-0.2, -0.15) is 0 Å². The van der Waals surface area contributed by atoms with E-state index in [0.717, 1.165) is 22.0 Å². The SMILES string of the molecule is COC(=O)c1cn(Cc2ccc3ncc(Cl)cc3c2)c2ccc(O)nc12. The first-order chi connectivity index (χ1) is 12.5. The monoisotopic (exact) mass is 367 g/mol. The molecule has 0 unspecified atom stereocenters. The molecular weight excluding hydrogens is 354 g/mol. The lowest BCUT2D eigenvalue weighted by Crippen LogP contribution is -2.01. The van der Waals surface area contributed by atoms with Crippen molar-refractivity contribution in [2.75, 3.05) is 7.11 Å². The molecule has 6 nitrogen and oxygen atoms in total. The highest BCUT2D eigenvalue weighted by Crippen LogP contribution is 2.25. The molecule has 0 amide bonds. The molecule has 130 valence electrons. The lowest BCUT2D eigenvalue weighted by atomic mass is 10.1. The van der Waals surface area contributed by atoms with Crippen molar-refractivity contribution in [2.24, 2.45) is 0 Å².